The first-order chi connectivity index (χ1) is 8.72. The normalized spacial score (nSPS) is 12.6. The standard InChI is InChI=1S/C16H18O2/c1-12(11-18-2)10-16(17)15-9-5-7-13-6-3-4-8-14(13)15/h3-9,12H,10-11H2,1-2H3. The molecule has 0 heterocycles. The lowest BCUT2D eigenvalue weighted by molar-refractivity contribution is 0.0921. The number of hydrogen-bond acceptors (Lipinski definition) is 2. The van der Waals surface area contributed by atoms with E-state index in [1.54, 1.807) is 7.11 Å². The third-order valence-electron chi connectivity index (χ3n) is 3.08. The van der Waals surface area contributed by atoms with Crippen molar-refractivity contribution < 1.29 is 9.53 Å². The summed E-state index contributed by atoms with van der Waals surface area (Å²) in [5, 5.41) is 2.15. The Hall–Kier alpha value is -1.67. The van der Waals surface area contributed by atoms with E-state index in [0.717, 1.165) is 16.3 Å². The van der Waals surface area contributed by atoms with E-state index < -0.39 is 0 Å². The van der Waals surface area contributed by atoms with Crippen LogP contribution < -0.4 is 0 Å². The molecule has 94 valence electrons. The van der Waals surface area contributed by atoms with Gasteiger partial charge in [0, 0.05) is 25.7 Å². The van der Waals surface area contributed by atoms with Gasteiger partial charge < -0.3 is 4.74 Å². The minimum atomic E-state index is 0.191. The van der Waals surface area contributed by atoms with Crippen LogP contribution in [-0.4, -0.2) is 19.5 Å². The van der Waals surface area contributed by atoms with Crippen LogP contribution in [0.15, 0.2) is 42.5 Å². The number of methoxy groups -OCH3 is 1. The molecule has 2 aromatic rings. The second kappa shape index (κ2) is 5.78. The van der Waals surface area contributed by atoms with Crippen molar-refractivity contribution in [1.82, 2.24) is 0 Å². The molecule has 1 atom stereocenters. The molecule has 0 bridgehead atoms. The monoisotopic (exact) mass is 242 g/mol. The van der Waals surface area contributed by atoms with Crippen LogP contribution in [-0.2, 0) is 4.74 Å². The topological polar surface area (TPSA) is 26.3 Å². The Morgan fingerprint density at radius 3 is 2.67 bits per heavy atom. The highest BCUT2D eigenvalue weighted by molar-refractivity contribution is 6.08. The smallest absolute Gasteiger partial charge is 0.163 e. The average Bonchev–Trinajstić information content (AvgIpc) is 2.38. The van der Waals surface area contributed by atoms with E-state index in [9.17, 15) is 4.79 Å². The Labute approximate surface area is 108 Å². The van der Waals surface area contributed by atoms with Crippen LogP contribution in [0.2, 0.25) is 0 Å². The molecule has 0 amide bonds. The van der Waals surface area contributed by atoms with Crippen molar-refractivity contribution in [2.75, 3.05) is 13.7 Å². The van der Waals surface area contributed by atoms with Crippen LogP contribution in [0.4, 0.5) is 0 Å². The fraction of sp³-hybridized carbons (Fsp3) is 0.312. The molecular formula is C16H18O2. The molecular weight excluding hydrogens is 224 g/mol. The number of ether oxygens (including phenoxy) is 1. The summed E-state index contributed by atoms with van der Waals surface area (Å²) in [6, 6.07) is 13.9. The Morgan fingerprint density at radius 1 is 1.17 bits per heavy atom. The van der Waals surface area contributed by atoms with Gasteiger partial charge in [-0.3, -0.25) is 4.79 Å². The third kappa shape index (κ3) is 2.77. The minimum Gasteiger partial charge on any atom is -0.384 e. The van der Waals surface area contributed by atoms with Gasteiger partial charge in [-0.2, -0.15) is 0 Å². The zero-order chi connectivity index (χ0) is 13.0. The maximum Gasteiger partial charge on any atom is 0.163 e. The number of carbonyl (C=O) groups is 1. The molecule has 2 rings (SSSR count). The summed E-state index contributed by atoms with van der Waals surface area (Å²) in [6.45, 7) is 2.66. The van der Waals surface area contributed by atoms with Crippen LogP contribution in [0.5, 0.6) is 0 Å². The van der Waals surface area contributed by atoms with Crippen LogP contribution in [0.25, 0.3) is 10.8 Å². The molecule has 0 N–H and O–H groups in total. The van der Waals surface area contributed by atoms with Crippen LogP contribution >= 0.6 is 0 Å². The Morgan fingerprint density at radius 2 is 1.89 bits per heavy atom. The average molecular weight is 242 g/mol. The summed E-state index contributed by atoms with van der Waals surface area (Å²) >= 11 is 0. The van der Waals surface area contributed by atoms with Crippen molar-refractivity contribution in [1.29, 1.82) is 0 Å². The lowest BCUT2D eigenvalue weighted by Gasteiger charge is -2.10. The fourth-order valence-electron chi connectivity index (χ4n) is 2.24. The van der Waals surface area contributed by atoms with Crippen molar-refractivity contribution in [2.45, 2.75) is 13.3 Å². The highest BCUT2D eigenvalue weighted by Gasteiger charge is 2.13. The summed E-state index contributed by atoms with van der Waals surface area (Å²) in [5.41, 5.74) is 0.816. The molecule has 18 heavy (non-hydrogen) atoms. The maximum atomic E-state index is 12.3. The number of carbonyl (C=O) groups excluding carboxylic acids is 1. The molecule has 0 aliphatic heterocycles. The summed E-state index contributed by atoms with van der Waals surface area (Å²) in [7, 11) is 1.67. The highest BCUT2D eigenvalue weighted by atomic mass is 16.5. The third-order valence-corrected chi connectivity index (χ3v) is 3.08. The zero-order valence-electron chi connectivity index (χ0n) is 10.8. The van der Waals surface area contributed by atoms with Gasteiger partial charge in [-0.15, -0.1) is 0 Å². The van der Waals surface area contributed by atoms with Crippen LogP contribution in [0, 0.1) is 5.92 Å². The van der Waals surface area contributed by atoms with Crippen molar-refractivity contribution in [3.05, 3.63) is 48.0 Å². The van der Waals surface area contributed by atoms with Crippen molar-refractivity contribution in [3.8, 4) is 0 Å². The number of rotatable bonds is 5. The molecule has 0 saturated heterocycles. The van der Waals surface area contributed by atoms with Gasteiger partial charge in [-0.1, -0.05) is 49.4 Å². The first-order valence-corrected chi connectivity index (χ1v) is 6.22. The number of Topliss-reactive ketones (excluding diaryl/α,β-unsaturated/α-hetero) is 1. The Bertz CT molecular complexity index is 540. The number of fused-ring (bicyclic) bond motifs is 1. The van der Waals surface area contributed by atoms with Crippen molar-refractivity contribution in [2.24, 2.45) is 5.92 Å². The highest BCUT2D eigenvalue weighted by Crippen LogP contribution is 2.21. The van der Waals surface area contributed by atoms with Crippen LogP contribution in [0.3, 0.4) is 0 Å². The van der Waals surface area contributed by atoms with Crippen molar-refractivity contribution in [3.63, 3.8) is 0 Å². The van der Waals surface area contributed by atoms with Gasteiger partial charge in [0.2, 0.25) is 0 Å². The molecule has 0 saturated carbocycles. The van der Waals surface area contributed by atoms with E-state index in [-0.39, 0.29) is 11.7 Å². The van der Waals surface area contributed by atoms with Gasteiger partial charge in [-0.25, -0.2) is 0 Å². The van der Waals surface area contributed by atoms with E-state index in [4.69, 9.17) is 4.74 Å². The predicted molar refractivity (Wildman–Crippen MR) is 73.9 cm³/mol. The molecule has 0 aliphatic carbocycles. The maximum absolute atomic E-state index is 12.3. The number of ketones is 1. The molecule has 0 radical (unpaired) electrons. The summed E-state index contributed by atoms with van der Waals surface area (Å²) in [5.74, 6) is 0.442. The molecule has 0 fully saturated rings. The quantitative estimate of drug-likeness (QED) is 0.747. The summed E-state index contributed by atoms with van der Waals surface area (Å²) in [4.78, 5) is 12.3. The first kappa shape index (κ1) is 12.8. The van der Waals surface area contributed by atoms with Crippen LogP contribution in [0.1, 0.15) is 23.7 Å². The molecule has 2 heteroatoms. The van der Waals surface area contributed by atoms with E-state index in [2.05, 4.69) is 0 Å². The second-order valence-electron chi connectivity index (χ2n) is 4.71. The summed E-state index contributed by atoms with van der Waals surface area (Å²) in [6.07, 6.45) is 0.530. The van der Waals surface area contributed by atoms with E-state index in [1.807, 2.05) is 49.4 Å². The fourth-order valence-corrected chi connectivity index (χ4v) is 2.24. The molecule has 1 unspecified atom stereocenters. The molecule has 0 spiro atoms. The zero-order valence-corrected chi connectivity index (χ0v) is 10.8. The molecule has 0 aliphatic rings. The van der Waals surface area contributed by atoms with Gasteiger partial charge in [0.05, 0.1) is 0 Å². The van der Waals surface area contributed by atoms with Gasteiger partial charge in [0.25, 0.3) is 0 Å². The van der Waals surface area contributed by atoms with Gasteiger partial charge in [-0.05, 0) is 16.7 Å². The van der Waals surface area contributed by atoms with Gasteiger partial charge >= 0.3 is 0 Å². The summed E-state index contributed by atoms with van der Waals surface area (Å²) < 4.78 is 5.08. The lowest BCUT2D eigenvalue weighted by Crippen LogP contribution is -2.11. The lowest BCUT2D eigenvalue weighted by atomic mass is 9.96. The van der Waals surface area contributed by atoms with E-state index >= 15 is 0 Å². The predicted octanol–water partition coefficient (Wildman–Crippen LogP) is 3.70. The van der Waals surface area contributed by atoms with E-state index in [0.29, 0.717) is 13.0 Å². The number of benzene rings is 2. The SMILES string of the molecule is COCC(C)CC(=O)c1cccc2ccccc12. The number of hydrogen-bond donors (Lipinski definition) is 0. The van der Waals surface area contributed by atoms with E-state index in [1.165, 1.54) is 0 Å². The first-order valence-electron chi connectivity index (χ1n) is 6.22. The molecule has 2 nitrogen and oxygen atoms in total. The Balaban J connectivity index is 2.28. The minimum absolute atomic E-state index is 0.191. The van der Waals surface area contributed by atoms with Gasteiger partial charge in [0.15, 0.2) is 5.78 Å². The van der Waals surface area contributed by atoms with Crippen molar-refractivity contribution >= 4 is 16.6 Å². The molecule has 0 aromatic heterocycles. The molecule has 2 aromatic carbocycles. The Kier molecular flexibility index (Phi) is 4.11. The second-order valence-corrected chi connectivity index (χ2v) is 4.71. The van der Waals surface area contributed by atoms with Gasteiger partial charge in [0.1, 0.15) is 0 Å². The largest absolute Gasteiger partial charge is 0.384 e.